The quantitative estimate of drug-likeness (QED) is 0.775. The van der Waals surface area contributed by atoms with Gasteiger partial charge in [-0.25, -0.2) is 8.42 Å². The molecule has 1 saturated heterocycles. The van der Waals surface area contributed by atoms with Crippen LogP contribution in [0.3, 0.4) is 0 Å². The zero-order chi connectivity index (χ0) is 11.1. The van der Waals surface area contributed by atoms with Crippen LogP contribution in [0, 0.1) is 6.92 Å². The Morgan fingerprint density at radius 3 is 2.87 bits per heavy atom. The number of hydrogen-bond acceptors (Lipinski definition) is 3. The van der Waals surface area contributed by atoms with E-state index in [4.69, 9.17) is 0 Å². The summed E-state index contributed by atoms with van der Waals surface area (Å²) < 4.78 is 24.6. The average molecular weight is 293 g/mol. The maximum absolute atomic E-state index is 11.4. The molecule has 0 aliphatic carbocycles. The molecule has 4 nitrogen and oxygen atoms in total. The molecule has 6 heteroatoms. The van der Waals surface area contributed by atoms with Gasteiger partial charge in [0.25, 0.3) is 0 Å². The normalized spacial score (nSPS) is 24.5. The van der Waals surface area contributed by atoms with Crippen molar-refractivity contribution in [2.24, 2.45) is 0 Å². The van der Waals surface area contributed by atoms with Crippen LogP contribution in [0.5, 0.6) is 0 Å². The number of aromatic nitrogens is 2. The molecule has 0 aromatic carbocycles. The lowest BCUT2D eigenvalue weighted by atomic mass is 10.2. The first kappa shape index (κ1) is 11.1. The Kier molecular flexibility index (Phi) is 2.89. The summed E-state index contributed by atoms with van der Waals surface area (Å²) in [4.78, 5) is 0. The zero-order valence-corrected chi connectivity index (χ0v) is 10.9. The molecular weight excluding hydrogens is 280 g/mol. The van der Waals surface area contributed by atoms with E-state index in [1.807, 2.05) is 11.6 Å². The van der Waals surface area contributed by atoms with Crippen molar-refractivity contribution in [3.8, 4) is 0 Å². The molecule has 1 unspecified atom stereocenters. The lowest BCUT2D eigenvalue weighted by Gasteiger charge is -2.11. The summed E-state index contributed by atoms with van der Waals surface area (Å²) in [6.07, 6.45) is 2.49. The van der Waals surface area contributed by atoms with Crippen LogP contribution in [0.25, 0.3) is 0 Å². The van der Waals surface area contributed by atoms with Crippen molar-refractivity contribution in [2.45, 2.75) is 24.7 Å². The Morgan fingerprint density at radius 2 is 2.40 bits per heavy atom. The first-order valence-electron chi connectivity index (χ1n) is 4.83. The van der Waals surface area contributed by atoms with E-state index in [2.05, 4.69) is 21.0 Å². The highest BCUT2D eigenvalue weighted by Crippen LogP contribution is 2.25. The molecule has 1 aromatic rings. The van der Waals surface area contributed by atoms with Crippen molar-refractivity contribution in [1.29, 1.82) is 0 Å². The molecule has 0 N–H and O–H groups in total. The van der Waals surface area contributed by atoms with Gasteiger partial charge in [-0.1, -0.05) is 15.9 Å². The average Bonchev–Trinajstić information content (AvgIpc) is 2.69. The molecule has 84 valence electrons. The Balaban J connectivity index is 2.28. The van der Waals surface area contributed by atoms with Crippen molar-refractivity contribution in [2.75, 3.05) is 11.5 Å². The highest BCUT2D eigenvalue weighted by Gasteiger charge is 2.30. The van der Waals surface area contributed by atoms with Crippen LogP contribution in [-0.2, 0) is 15.2 Å². The predicted octanol–water partition coefficient (Wildman–Crippen LogP) is 1.45. The van der Waals surface area contributed by atoms with Crippen LogP contribution in [0.1, 0.15) is 23.7 Å². The van der Waals surface area contributed by atoms with Gasteiger partial charge >= 0.3 is 0 Å². The summed E-state index contributed by atoms with van der Waals surface area (Å²) in [6.45, 7) is 1.98. The molecule has 1 aliphatic heterocycles. The molecule has 1 aliphatic rings. The summed E-state index contributed by atoms with van der Waals surface area (Å²) in [7, 11) is -2.83. The number of nitrogens with zero attached hydrogens (tertiary/aromatic N) is 2. The van der Waals surface area contributed by atoms with E-state index in [1.165, 1.54) is 0 Å². The molecule has 1 fully saturated rings. The minimum Gasteiger partial charge on any atom is -0.265 e. The Bertz CT molecular complexity index is 466. The van der Waals surface area contributed by atoms with E-state index in [1.54, 1.807) is 6.20 Å². The van der Waals surface area contributed by atoms with Crippen LogP contribution >= 0.6 is 15.9 Å². The Hall–Kier alpha value is -0.360. The van der Waals surface area contributed by atoms with Crippen LogP contribution in [0.2, 0.25) is 0 Å². The number of alkyl halides is 1. The van der Waals surface area contributed by atoms with Crippen molar-refractivity contribution < 1.29 is 8.42 Å². The smallest absolute Gasteiger partial charge is 0.152 e. The van der Waals surface area contributed by atoms with Crippen molar-refractivity contribution in [3.05, 3.63) is 17.5 Å². The molecule has 15 heavy (non-hydrogen) atoms. The van der Waals surface area contributed by atoms with Crippen molar-refractivity contribution in [3.63, 3.8) is 0 Å². The summed E-state index contributed by atoms with van der Waals surface area (Å²) >= 11 is 3.38. The minimum atomic E-state index is -2.83. The number of rotatable bonds is 2. The maximum atomic E-state index is 11.4. The third kappa shape index (κ3) is 2.10. The maximum Gasteiger partial charge on any atom is 0.152 e. The molecule has 1 atom stereocenters. The van der Waals surface area contributed by atoms with Gasteiger partial charge in [-0.15, -0.1) is 0 Å². The van der Waals surface area contributed by atoms with E-state index in [-0.39, 0.29) is 11.8 Å². The molecule has 2 heterocycles. The van der Waals surface area contributed by atoms with E-state index < -0.39 is 9.84 Å². The van der Waals surface area contributed by atoms with Gasteiger partial charge in [0.1, 0.15) is 0 Å². The van der Waals surface area contributed by atoms with Crippen LogP contribution < -0.4 is 0 Å². The van der Waals surface area contributed by atoms with Crippen LogP contribution in [0.15, 0.2) is 6.20 Å². The molecule has 2 rings (SSSR count). The molecular formula is C9H13BrN2O2S. The molecule has 1 aromatic heterocycles. The molecule has 0 amide bonds. The van der Waals surface area contributed by atoms with Gasteiger partial charge in [-0.05, 0) is 13.3 Å². The van der Waals surface area contributed by atoms with E-state index in [0.29, 0.717) is 12.2 Å². The van der Waals surface area contributed by atoms with Gasteiger partial charge < -0.3 is 0 Å². The van der Waals surface area contributed by atoms with E-state index >= 15 is 0 Å². The van der Waals surface area contributed by atoms with E-state index in [9.17, 15) is 8.42 Å². The van der Waals surface area contributed by atoms with Gasteiger partial charge in [0, 0.05) is 16.6 Å². The minimum absolute atomic E-state index is 0.0304. The predicted molar refractivity (Wildman–Crippen MR) is 61.9 cm³/mol. The largest absolute Gasteiger partial charge is 0.265 e. The highest BCUT2D eigenvalue weighted by atomic mass is 79.9. The van der Waals surface area contributed by atoms with Gasteiger partial charge in [0.05, 0.1) is 23.7 Å². The fourth-order valence-electron chi connectivity index (χ4n) is 1.93. The first-order chi connectivity index (χ1) is 7.03. The number of sulfone groups is 1. The molecule has 0 spiro atoms. The summed E-state index contributed by atoms with van der Waals surface area (Å²) in [6, 6.07) is 0.0304. The third-order valence-electron chi connectivity index (χ3n) is 2.84. The molecule has 0 saturated carbocycles. The second kappa shape index (κ2) is 3.90. The number of halogens is 1. The summed E-state index contributed by atoms with van der Waals surface area (Å²) in [5, 5.41) is 5.02. The van der Waals surface area contributed by atoms with Crippen LogP contribution in [0.4, 0.5) is 0 Å². The fourth-order valence-corrected chi connectivity index (χ4v) is 4.17. The molecule has 0 bridgehead atoms. The number of hydrogen-bond donors (Lipinski definition) is 0. The third-order valence-corrected chi connectivity index (χ3v) is 5.20. The summed E-state index contributed by atoms with van der Waals surface area (Å²) in [5.41, 5.74) is 2.19. The summed E-state index contributed by atoms with van der Waals surface area (Å²) in [5.74, 6) is 0.526. The Labute approximate surface area is 97.7 Å². The topological polar surface area (TPSA) is 52.0 Å². The van der Waals surface area contributed by atoms with Gasteiger partial charge in [0.2, 0.25) is 0 Å². The van der Waals surface area contributed by atoms with Gasteiger partial charge in [-0.3, -0.25) is 4.68 Å². The first-order valence-corrected chi connectivity index (χ1v) is 7.77. The van der Waals surface area contributed by atoms with E-state index in [0.717, 1.165) is 16.6 Å². The lowest BCUT2D eigenvalue weighted by molar-refractivity contribution is 0.488. The van der Waals surface area contributed by atoms with Gasteiger partial charge in [0.15, 0.2) is 9.84 Å². The van der Waals surface area contributed by atoms with Crippen molar-refractivity contribution >= 4 is 25.8 Å². The standard InChI is InChI=1S/C9H13BrN2O2S/c1-7-8(4-10)5-11-12(7)9-2-3-15(13,14)6-9/h5,9H,2-4,6H2,1H3. The Morgan fingerprint density at radius 1 is 1.67 bits per heavy atom. The van der Waals surface area contributed by atoms with Gasteiger partial charge in [-0.2, -0.15) is 5.10 Å². The lowest BCUT2D eigenvalue weighted by Crippen LogP contribution is -2.13. The second-order valence-electron chi connectivity index (χ2n) is 3.89. The highest BCUT2D eigenvalue weighted by molar-refractivity contribution is 9.08. The molecule has 0 radical (unpaired) electrons. The monoisotopic (exact) mass is 292 g/mol. The van der Waals surface area contributed by atoms with Crippen molar-refractivity contribution in [1.82, 2.24) is 9.78 Å². The fraction of sp³-hybridized carbons (Fsp3) is 0.667. The zero-order valence-electron chi connectivity index (χ0n) is 8.48. The SMILES string of the molecule is Cc1c(CBr)cnn1C1CCS(=O)(=O)C1. The van der Waals surface area contributed by atoms with Crippen LogP contribution in [-0.4, -0.2) is 29.7 Å². The second-order valence-corrected chi connectivity index (χ2v) is 6.68.